The van der Waals surface area contributed by atoms with Crippen LogP contribution in [0.1, 0.15) is 41.7 Å². The van der Waals surface area contributed by atoms with E-state index in [4.69, 9.17) is 10.5 Å². The maximum absolute atomic E-state index is 13.0. The largest absolute Gasteiger partial charge is 0.433 e. The van der Waals surface area contributed by atoms with Crippen LogP contribution in [0.4, 0.5) is 0 Å². The molecule has 0 bridgehead atoms. The van der Waals surface area contributed by atoms with Crippen LogP contribution in [0.15, 0.2) is 88.2 Å². The number of ether oxygens (including phenoxy) is 1. The summed E-state index contributed by atoms with van der Waals surface area (Å²) in [5, 5.41) is 9.21. The van der Waals surface area contributed by atoms with Crippen LogP contribution in [0.5, 0.6) is 0 Å². The Balaban J connectivity index is 1.94. The highest BCUT2D eigenvalue weighted by molar-refractivity contribution is 7.14. The third kappa shape index (κ3) is 9.77. The number of primary amides is 1. The molecule has 2 rings (SSSR count). The number of rotatable bonds is 14. The highest BCUT2D eigenvalue weighted by atomic mass is 32.1. The van der Waals surface area contributed by atoms with Crippen LogP contribution >= 0.6 is 11.3 Å². The van der Waals surface area contributed by atoms with Gasteiger partial charge in [-0.25, -0.2) is 0 Å². The Hall–Kier alpha value is -4.18. The lowest BCUT2D eigenvalue weighted by atomic mass is 10.1. The second-order valence-electron chi connectivity index (χ2n) is 7.79. The Morgan fingerprint density at radius 2 is 2.05 bits per heavy atom. The highest BCUT2D eigenvalue weighted by Gasteiger charge is 2.14. The molecule has 5 N–H and O–H groups in total. The second kappa shape index (κ2) is 15.7. The van der Waals surface area contributed by atoms with Crippen LogP contribution in [0.3, 0.4) is 0 Å². The van der Waals surface area contributed by atoms with E-state index in [9.17, 15) is 14.4 Å². The molecule has 0 radical (unpaired) electrons. The van der Waals surface area contributed by atoms with E-state index in [0.29, 0.717) is 47.9 Å². The van der Waals surface area contributed by atoms with Gasteiger partial charge in [0.2, 0.25) is 0 Å². The summed E-state index contributed by atoms with van der Waals surface area (Å²) >= 11 is 1.39. The first-order valence-electron chi connectivity index (χ1n) is 11.7. The molecule has 9 nitrogen and oxygen atoms in total. The standard InChI is InChI=1S/C27H33N5O4S/c1-4-22(27(35)32-16-20-7-6-8-24(36-18-33)19(3)15-20)23(17-29-5-2)31-14-13-30-12-11-21-9-10-25(37-21)26(28)34/h4-7,9-10,13-15,17-18,30-31H,8,11-12,16H2,1-3H3,(H2,28,34)(H,32,35)/b14-13+,22-4-,23-17+,29-5?. The van der Waals surface area contributed by atoms with E-state index in [-0.39, 0.29) is 5.91 Å². The molecule has 1 aliphatic carbocycles. The predicted molar refractivity (Wildman–Crippen MR) is 148 cm³/mol. The molecule has 1 aliphatic rings. The molecule has 0 fully saturated rings. The zero-order valence-corrected chi connectivity index (χ0v) is 22.1. The van der Waals surface area contributed by atoms with Crippen molar-refractivity contribution in [1.82, 2.24) is 16.0 Å². The summed E-state index contributed by atoms with van der Waals surface area (Å²) < 4.78 is 5.02. The van der Waals surface area contributed by atoms with E-state index < -0.39 is 5.91 Å². The molecule has 1 heterocycles. The number of carbonyl (C=O) groups excluding carboxylic acids is 3. The van der Waals surface area contributed by atoms with E-state index in [0.717, 1.165) is 22.4 Å². The van der Waals surface area contributed by atoms with Gasteiger partial charge in [0.05, 0.1) is 22.3 Å². The van der Waals surface area contributed by atoms with Gasteiger partial charge in [-0.05, 0) is 50.5 Å². The molecule has 0 saturated heterocycles. The van der Waals surface area contributed by atoms with Crippen LogP contribution in [-0.2, 0) is 20.7 Å². The zero-order chi connectivity index (χ0) is 27.0. The highest BCUT2D eigenvalue weighted by Crippen LogP contribution is 2.18. The number of amides is 2. The number of carbonyl (C=O) groups is 3. The minimum Gasteiger partial charge on any atom is -0.433 e. The SMILES string of the molecule is CC=N/C=C(N/C=C/NCCc1ccc(C(N)=O)s1)\C(=C\C)C(=O)NCC1=CC(C)=C(OC=O)CC=C1. The maximum atomic E-state index is 13.0. The van der Waals surface area contributed by atoms with Crippen LogP contribution in [0.25, 0.3) is 0 Å². The number of nitrogens with two attached hydrogens (primary N) is 1. The quantitative estimate of drug-likeness (QED) is 0.0971. The van der Waals surface area contributed by atoms with Crippen LogP contribution in [0, 0.1) is 0 Å². The summed E-state index contributed by atoms with van der Waals surface area (Å²) in [6, 6.07) is 3.62. The third-order valence-electron chi connectivity index (χ3n) is 5.16. The molecule has 0 aromatic carbocycles. The Morgan fingerprint density at radius 1 is 1.24 bits per heavy atom. The van der Waals surface area contributed by atoms with Crippen molar-refractivity contribution in [3.63, 3.8) is 0 Å². The molecular weight excluding hydrogens is 490 g/mol. The number of hydrogen-bond donors (Lipinski definition) is 4. The molecule has 1 aromatic rings. The average molecular weight is 524 g/mol. The lowest BCUT2D eigenvalue weighted by molar-refractivity contribution is -0.125. The summed E-state index contributed by atoms with van der Waals surface area (Å²) in [5.74, 6) is -0.0972. The van der Waals surface area contributed by atoms with Crippen molar-refractivity contribution in [2.45, 2.75) is 33.6 Å². The van der Waals surface area contributed by atoms with Crippen molar-refractivity contribution >= 4 is 35.8 Å². The van der Waals surface area contributed by atoms with Gasteiger partial charge >= 0.3 is 0 Å². The van der Waals surface area contributed by atoms with E-state index in [2.05, 4.69) is 20.9 Å². The van der Waals surface area contributed by atoms with E-state index in [1.807, 2.05) is 31.2 Å². The van der Waals surface area contributed by atoms with Crippen LogP contribution in [-0.4, -0.2) is 37.6 Å². The molecule has 0 aliphatic heterocycles. The third-order valence-corrected chi connectivity index (χ3v) is 6.32. The molecular formula is C27H33N5O4S. The van der Waals surface area contributed by atoms with Gasteiger partial charge in [0, 0.05) is 43.0 Å². The molecule has 0 unspecified atom stereocenters. The number of hydrogen-bond acceptors (Lipinski definition) is 8. The topological polar surface area (TPSA) is 135 Å². The molecule has 1 aromatic heterocycles. The summed E-state index contributed by atoms with van der Waals surface area (Å²) in [5.41, 5.74) is 7.97. The minimum atomic E-state index is -0.418. The molecule has 196 valence electrons. The molecule has 10 heteroatoms. The van der Waals surface area contributed by atoms with Crippen molar-refractivity contribution in [2.24, 2.45) is 10.7 Å². The van der Waals surface area contributed by atoms with Gasteiger partial charge in [-0.3, -0.25) is 19.4 Å². The fourth-order valence-corrected chi connectivity index (χ4v) is 4.19. The lowest BCUT2D eigenvalue weighted by Crippen LogP contribution is -2.29. The van der Waals surface area contributed by atoms with Crippen molar-refractivity contribution in [2.75, 3.05) is 13.1 Å². The fourth-order valence-electron chi connectivity index (χ4n) is 3.33. The molecule has 0 spiro atoms. The Labute approximate surface area is 221 Å². The zero-order valence-electron chi connectivity index (χ0n) is 21.2. The first kappa shape index (κ1) is 29.1. The molecule has 0 atom stereocenters. The van der Waals surface area contributed by atoms with Gasteiger partial charge in [0.1, 0.15) is 5.76 Å². The number of thiophene rings is 1. The molecule has 0 saturated carbocycles. The van der Waals surface area contributed by atoms with Crippen molar-refractivity contribution < 1.29 is 19.1 Å². The Kier molecular flexibility index (Phi) is 12.4. The van der Waals surface area contributed by atoms with E-state index in [1.165, 1.54) is 11.3 Å². The summed E-state index contributed by atoms with van der Waals surface area (Å²) in [6.07, 6.45) is 15.3. The smallest absolute Gasteiger partial charge is 0.298 e. The van der Waals surface area contributed by atoms with Crippen molar-refractivity contribution in [3.05, 3.63) is 93.0 Å². The van der Waals surface area contributed by atoms with Crippen LogP contribution in [0.2, 0.25) is 0 Å². The average Bonchev–Trinajstić information content (AvgIpc) is 3.29. The van der Waals surface area contributed by atoms with Gasteiger partial charge in [-0.1, -0.05) is 24.3 Å². The van der Waals surface area contributed by atoms with Gasteiger partial charge in [0.15, 0.2) is 0 Å². The lowest BCUT2D eigenvalue weighted by Gasteiger charge is -2.12. The van der Waals surface area contributed by atoms with Crippen molar-refractivity contribution in [3.8, 4) is 0 Å². The summed E-state index contributed by atoms with van der Waals surface area (Å²) in [6.45, 7) is 6.82. The summed E-state index contributed by atoms with van der Waals surface area (Å²) in [7, 11) is 0. The number of aliphatic imine (C=N–C) groups is 1. The minimum absolute atomic E-state index is 0.263. The van der Waals surface area contributed by atoms with E-state index in [1.54, 1.807) is 50.8 Å². The molecule has 2 amide bonds. The number of allylic oxidation sites excluding steroid dienone is 4. The van der Waals surface area contributed by atoms with Crippen LogP contribution < -0.4 is 21.7 Å². The maximum Gasteiger partial charge on any atom is 0.298 e. The van der Waals surface area contributed by atoms with E-state index >= 15 is 0 Å². The molecule has 37 heavy (non-hydrogen) atoms. The van der Waals surface area contributed by atoms with Gasteiger partial charge in [0.25, 0.3) is 18.3 Å². The van der Waals surface area contributed by atoms with Gasteiger partial charge in [-0.2, -0.15) is 0 Å². The first-order chi connectivity index (χ1) is 17.9. The monoisotopic (exact) mass is 523 g/mol. The Bertz CT molecular complexity index is 1190. The number of nitrogens with zero attached hydrogens (tertiary/aromatic N) is 1. The van der Waals surface area contributed by atoms with Crippen molar-refractivity contribution in [1.29, 1.82) is 0 Å². The normalized spacial score (nSPS) is 14.5. The summed E-state index contributed by atoms with van der Waals surface area (Å²) in [4.78, 5) is 40.6. The number of nitrogens with one attached hydrogen (secondary N) is 3. The fraction of sp³-hybridized carbons (Fsp3) is 0.259. The predicted octanol–water partition coefficient (Wildman–Crippen LogP) is 3.37. The second-order valence-corrected chi connectivity index (χ2v) is 8.96. The first-order valence-corrected chi connectivity index (χ1v) is 12.5. The van der Waals surface area contributed by atoms with Gasteiger partial charge in [-0.15, -0.1) is 11.3 Å². The van der Waals surface area contributed by atoms with Gasteiger partial charge < -0.3 is 26.4 Å². The Morgan fingerprint density at radius 3 is 2.73 bits per heavy atom.